The second kappa shape index (κ2) is 5.88. The highest BCUT2D eigenvalue weighted by Gasteiger charge is 2.28. The zero-order valence-corrected chi connectivity index (χ0v) is 8.91. The number of nitrogens with zero attached hydrogens (tertiary/aromatic N) is 1. The third kappa shape index (κ3) is 5.18. The molecule has 0 saturated carbocycles. The van der Waals surface area contributed by atoms with Gasteiger partial charge in [-0.3, -0.25) is 4.84 Å². The van der Waals surface area contributed by atoms with E-state index in [4.69, 9.17) is 5.26 Å². The van der Waals surface area contributed by atoms with E-state index in [1.54, 1.807) is 5.48 Å². The largest absolute Gasteiger partial charge is 0.414 e. The molecule has 0 bridgehead atoms. The van der Waals surface area contributed by atoms with E-state index in [0.29, 0.717) is 5.56 Å². The second-order valence-electron chi connectivity index (χ2n) is 3.15. The molecule has 1 rings (SSSR count). The highest BCUT2D eigenvalue weighted by Crippen LogP contribution is 2.13. The zero-order valence-electron chi connectivity index (χ0n) is 8.91. The number of hydrogen-bond acceptors (Lipinski definition) is 3. The number of alkyl halides is 3. The summed E-state index contributed by atoms with van der Waals surface area (Å²) in [7, 11) is 0. The highest BCUT2D eigenvalue weighted by atomic mass is 19.4. The number of halogens is 3. The van der Waals surface area contributed by atoms with Crippen molar-refractivity contribution in [1.82, 2.24) is 5.48 Å². The van der Waals surface area contributed by atoms with Crippen LogP contribution in [0.4, 0.5) is 23.7 Å². The minimum atomic E-state index is -4.52. The molecule has 0 spiro atoms. The number of nitriles is 1. The van der Waals surface area contributed by atoms with E-state index in [-0.39, 0.29) is 5.69 Å². The van der Waals surface area contributed by atoms with Crippen molar-refractivity contribution in [2.24, 2.45) is 0 Å². The van der Waals surface area contributed by atoms with E-state index in [2.05, 4.69) is 10.2 Å². The lowest BCUT2D eigenvalue weighted by Gasteiger charge is -2.09. The molecule has 18 heavy (non-hydrogen) atoms. The average molecular weight is 259 g/mol. The summed E-state index contributed by atoms with van der Waals surface area (Å²) in [4.78, 5) is 15.0. The van der Waals surface area contributed by atoms with Crippen LogP contribution in [0.5, 0.6) is 0 Å². The Morgan fingerprint density at radius 3 is 2.78 bits per heavy atom. The Bertz CT molecular complexity index is 468. The number of amides is 2. The summed E-state index contributed by atoms with van der Waals surface area (Å²) in [5, 5.41) is 10.8. The zero-order chi connectivity index (χ0) is 13.6. The molecule has 0 saturated heterocycles. The smallest absolute Gasteiger partial charge is 0.306 e. The Morgan fingerprint density at radius 1 is 1.44 bits per heavy atom. The lowest BCUT2D eigenvalue weighted by Crippen LogP contribution is -2.32. The van der Waals surface area contributed by atoms with Gasteiger partial charge in [0.25, 0.3) is 0 Å². The third-order valence-electron chi connectivity index (χ3n) is 1.65. The summed E-state index contributed by atoms with van der Waals surface area (Å²) < 4.78 is 35.1. The third-order valence-corrected chi connectivity index (χ3v) is 1.65. The molecule has 0 aliphatic carbocycles. The maximum atomic E-state index is 11.7. The quantitative estimate of drug-likeness (QED) is 0.817. The molecular weight excluding hydrogens is 251 g/mol. The molecule has 2 N–H and O–H groups in total. The van der Waals surface area contributed by atoms with E-state index < -0.39 is 18.8 Å². The fraction of sp³-hybridized carbons (Fsp3) is 0.200. The molecule has 1 aromatic carbocycles. The number of hydrogen-bond donors (Lipinski definition) is 2. The van der Waals surface area contributed by atoms with Gasteiger partial charge in [0.15, 0.2) is 6.61 Å². The Morgan fingerprint density at radius 2 is 2.17 bits per heavy atom. The van der Waals surface area contributed by atoms with Gasteiger partial charge in [0.05, 0.1) is 11.6 Å². The summed E-state index contributed by atoms with van der Waals surface area (Å²) in [6.07, 6.45) is -4.52. The van der Waals surface area contributed by atoms with Gasteiger partial charge in [-0.1, -0.05) is 6.07 Å². The Labute approximate surface area is 100 Å². The first-order valence-electron chi connectivity index (χ1n) is 4.66. The van der Waals surface area contributed by atoms with Crippen molar-refractivity contribution in [2.45, 2.75) is 6.18 Å². The molecule has 0 atom stereocenters. The van der Waals surface area contributed by atoms with Gasteiger partial charge in [0, 0.05) is 5.69 Å². The molecule has 0 aliphatic heterocycles. The van der Waals surface area contributed by atoms with Gasteiger partial charge in [-0.2, -0.15) is 18.4 Å². The monoisotopic (exact) mass is 259 g/mol. The van der Waals surface area contributed by atoms with Crippen molar-refractivity contribution in [1.29, 1.82) is 5.26 Å². The lowest BCUT2D eigenvalue weighted by molar-refractivity contribution is -0.183. The summed E-state index contributed by atoms with van der Waals surface area (Å²) >= 11 is 0. The normalized spacial score (nSPS) is 10.6. The number of hydroxylamine groups is 1. The fourth-order valence-electron chi connectivity index (χ4n) is 1.01. The van der Waals surface area contributed by atoms with Crippen LogP contribution in [0.1, 0.15) is 5.56 Å². The van der Waals surface area contributed by atoms with Gasteiger partial charge in [-0.05, 0) is 18.2 Å². The maximum absolute atomic E-state index is 11.7. The standard InChI is InChI=1S/C10H8F3N3O2/c11-10(12,13)6-18-16-9(17)15-8-3-1-2-7(4-8)5-14/h1-4H,6H2,(H2,15,16,17). The van der Waals surface area contributed by atoms with Crippen molar-refractivity contribution in [2.75, 3.05) is 11.9 Å². The molecule has 96 valence electrons. The average Bonchev–Trinajstić information content (AvgIpc) is 2.27. The fourth-order valence-corrected chi connectivity index (χ4v) is 1.01. The first-order chi connectivity index (χ1) is 8.40. The van der Waals surface area contributed by atoms with E-state index in [9.17, 15) is 18.0 Å². The summed E-state index contributed by atoms with van der Waals surface area (Å²) in [6, 6.07) is 6.76. The predicted octanol–water partition coefficient (Wildman–Crippen LogP) is 2.17. The second-order valence-corrected chi connectivity index (χ2v) is 3.15. The molecule has 0 heterocycles. The molecule has 8 heteroatoms. The minimum absolute atomic E-state index is 0.266. The number of carbonyl (C=O) groups is 1. The van der Waals surface area contributed by atoms with Gasteiger partial charge in [0.2, 0.25) is 0 Å². The van der Waals surface area contributed by atoms with Gasteiger partial charge >= 0.3 is 12.2 Å². The Kier molecular flexibility index (Phi) is 4.51. The number of anilines is 1. The molecule has 0 aliphatic rings. The van der Waals surface area contributed by atoms with Crippen LogP contribution >= 0.6 is 0 Å². The van der Waals surface area contributed by atoms with Crippen molar-refractivity contribution < 1.29 is 22.8 Å². The van der Waals surface area contributed by atoms with Gasteiger partial charge in [-0.15, -0.1) is 0 Å². The van der Waals surface area contributed by atoms with Crippen LogP contribution in [-0.2, 0) is 4.84 Å². The number of nitrogens with one attached hydrogen (secondary N) is 2. The predicted molar refractivity (Wildman–Crippen MR) is 55.3 cm³/mol. The minimum Gasteiger partial charge on any atom is -0.306 e. The van der Waals surface area contributed by atoms with Crippen LogP contribution in [-0.4, -0.2) is 18.8 Å². The van der Waals surface area contributed by atoms with Crippen molar-refractivity contribution in [3.05, 3.63) is 29.8 Å². The molecule has 0 fully saturated rings. The maximum Gasteiger partial charge on any atom is 0.414 e. The molecule has 2 amide bonds. The van der Waals surface area contributed by atoms with Crippen LogP contribution in [0, 0.1) is 11.3 Å². The number of urea groups is 1. The van der Waals surface area contributed by atoms with E-state index in [0.717, 1.165) is 0 Å². The van der Waals surface area contributed by atoms with Gasteiger partial charge in [-0.25, -0.2) is 10.3 Å². The van der Waals surface area contributed by atoms with Crippen LogP contribution in [0.2, 0.25) is 0 Å². The first-order valence-corrected chi connectivity index (χ1v) is 4.66. The Hall–Kier alpha value is -2.27. The summed E-state index contributed by atoms with van der Waals surface area (Å²) in [5.41, 5.74) is 2.15. The highest BCUT2D eigenvalue weighted by molar-refractivity contribution is 5.88. The molecular formula is C10H8F3N3O2. The topological polar surface area (TPSA) is 74.2 Å². The molecule has 0 radical (unpaired) electrons. The number of rotatable bonds is 3. The van der Waals surface area contributed by atoms with E-state index >= 15 is 0 Å². The van der Waals surface area contributed by atoms with Crippen molar-refractivity contribution >= 4 is 11.7 Å². The van der Waals surface area contributed by atoms with Crippen LogP contribution in [0.3, 0.4) is 0 Å². The number of carbonyl (C=O) groups excluding carboxylic acids is 1. The lowest BCUT2D eigenvalue weighted by atomic mass is 10.2. The van der Waals surface area contributed by atoms with Gasteiger partial charge in [0.1, 0.15) is 0 Å². The van der Waals surface area contributed by atoms with E-state index in [1.807, 2.05) is 6.07 Å². The summed E-state index contributed by atoms with van der Waals surface area (Å²) in [5.74, 6) is 0. The van der Waals surface area contributed by atoms with Crippen LogP contribution in [0.25, 0.3) is 0 Å². The molecule has 1 aromatic rings. The van der Waals surface area contributed by atoms with E-state index in [1.165, 1.54) is 24.3 Å². The SMILES string of the molecule is N#Cc1cccc(NC(=O)NOCC(F)(F)F)c1. The van der Waals surface area contributed by atoms with Crippen LogP contribution in [0.15, 0.2) is 24.3 Å². The summed E-state index contributed by atoms with van der Waals surface area (Å²) in [6.45, 7) is -1.58. The van der Waals surface area contributed by atoms with Gasteiger partial charge < -0.3 is 5.32 Å². The Balaban J connectivity index is 2.43. The van der Waals surface area contributed by atoms with Crippen molar-refractivity contribution in [3.63, 3.8) is 0 Å². The molecule has 0 aromatic heterocycles. The van der Waals surface area contributed by atoms with Crippen molar-refractivity contribution in [3.8, 4) is 6.07 Å². The molecule has 5 nitrogen and oxygen atoms in total. The number of benzene rings is 1. The molecule has 0 unspecified atom stereocenters. The first kappa shape index (κ1) is 13.8. The van der Waals surface area contributed by atoms with Crippen LogP contribution < -0.4 is 10.8 Å².